The van der Waals surface area contributed by atoms with E-state index in [-0.39, 0.29) is 5.69 Å². The van der Waals surface area contributed by atoms with Crippen molar-refractivity contribution in [1.82, 2.24) is 15.2 Å². The number of hydrogen-bond donors (Lipinski definition) is 1. The van der Waals surface area contributed by atoms with E-state index in [0.717, 1.165) is 21.6 Å². The first-order chi connectivity index (χ1) is 10.5. The van der Waals surface area contributed by atoms with Crippen LogP contribution in [-0.2, 0) is 6.18 Å². The molecular formula is C14H10F3N3OS. The van der Waals surface area contributed by atoms with E-state index in [1.807, 2.05) is 17.2 Å². The van der Waals surface area contributed by atoms with Gasteiger partial charge in [0.15, 0.2) is 5.06 Å². The highest BCUT2D eigenvalue weighted by Gasteiger charge is 2.33. The van der Waals surface area contributed by atoms with Gasteiger partial charge < -0.3 is 4.74 Å². The van der Waals surface area contributed by atoms with Gasteiger partial charge in [-0.25, -0.2) is 0 Å². The van der Waals surface area contributed by atoms with Gasteiger partial charge in [-0.3, -0.25) is 10.1 Å². The Balaban J connectivity index is 1.95. The number of halogens is 3. The van der Waals surface area contributed by atoms with E-state index in [1.165, 1.54) is 11.3 Å². The molecule has 3 aromatic heterocycles. The zero-order valence-corrected chi connectivity index (χ0v) is 12.1. The van der Waals surface area contributed by atoms with Gasteiger partial charge >= 0.3 is 6.18 Å². The fourth-order valence-electron chi connectivity index (χ4n) is 1.91. The second-order valence-corrected chi connectivity index (χ2v) is 5.46. The van der Waals surface area contributed by atoms with E-state index < -0.39 is 11.9 Å². The van der Waals surface area contributed by atoms with Gasteiger partial charge in [0.05, 0.1) is 12.8 Å². The highest BCUT2D eigenvalue weighted by molar-refractivity contribution is 7.17. The lowest BCUT2D eigenvalue weighted by molar-refractivity contribution is -0.141. The topological polar surface area (TPSA) is 50.8 Å². The molecular weight excluding hydrogens is 315 g/mol. The number of nitrogens with zero attached hydrogens (tertiary/aromatic N) is 2. The van der Waals surface area contributed by atoms with Gasteiger partial charge in [-0.2, -0.15) is 18.3 Å². The lowest BCUT2D eigenvalue weighted by Crippen LogP contribution is -2.04. The summed E-state index contributed by atoms with van der Waals surface area (Å²) in [4.78, 5) is 5.02. The summed E-state index contributed by atoms with van der Waals surface area (Å²) in [6.45, 7) is 0. The lowest BCUT2D eigenvalue weighted by atomic mass is 10.1. The molecule has 0 fully saturated rings. The minimum Gasteiger partial charge on any atom is -0.487 e. The third-order valence-corrected chi connectivity index (χ3v) is 4.07. The molecule has 0 saturated carbocycles. The van der Waals surface area contributed by atoms with Crippen LogP contribution in [0.2, 0.25) is 0 Å². The molecule has 0 aliphatic rings. The molecule has 0 amide bonds. The van der Waals surface area contributed by atoms with Gasteiger partial charge in [0.1, 0.15) is 11.4 Å². The SMILES string of the molecule is COc1ccc(-c2ccnc(-c3cc(C(F)(F)F)[nH]n3)c2)s1. The second-order valence-electron chi connectivity index (χ2n) is 4.42. The number of methoxy groups -OCH3 is 1. The summed E-state index contributed by atoms with van der Waals surface area (Å²) >= 11 is 1.44. The number of pyridine rings is 1. The number of thiophene rings is 1. The molecule has 0 atom stereocenters. The summed E-state index contributed by atoms with van der Waals surface area (Å²) in [5, 5.41) is 6.42. The van der Waals surface area contributed by atoms with Crippen molar-refractivity contribution in [3.8, 4) is 26.9 Å². The zero-order chi connectivity index (χ0) is 15.7. The number of rotatable bonds is 3. The average molecular weight is 325 g/mol. The largest absolute Gasteiger partial charge is 0.487 e. The van der Waals surface area contributed by atoms with Crippen LogP contribution in [0.4, 0.5) is 13.2 Å². The van der Waals surface area contributed by atoms with E-state index in [0.29, 0.717) is 5.69 Å². The Labute approximate surface area is 127 Å². The number of ether oxygens (including phenoxy) is 1. The molecule has 0 saturated heterocycles. The Morgan fingerprint density at radius 1 is 1.14 bits per heavy atom. The molecule has 114 valence electrons. The van der Waals surface area contributed by atoms with E-state index in [1.54, 1.807) is 25.4 Å². The summed E-state index contributed by atoms with van der Waals surface area (Å²) in [5.74, 6) is 0. The van der Waals surface area contributed by atoms with Crippen molar-refractivity contribution in [2.75, 3.05) is 7.11 Å². The number of H-pyrrole nitrogens is 1. The highest BCUT2D eigenvalue weighted by atomic mass is 32.1. The van der Waals surface area contributed by atoms with Crippen LogP contribution < -0.4 is 4.74 Å². The third kappa shape index (κ3) is 2.82. The monoisotopic (exact) mass is 325 g/mol. The first-order valence-electron chi connectivity index (χ1n) is 6.20. The molecule has 22 heavy (non-hydrogen) atoms. The maximum atomic E-state index is 12.6. The highest BCUT2D eigenvalue weighted by Crippen LogP contribution is 2.34. The lowest BCUT2D eigenvalue weighted by Gasteiger charge is -2.01. The minimum absolute atomic E-state index is 0.151. The zero-order valence-electron chi connectivity index (χ0n) is 11.3. The van der Waals surface area contributed by atoms with Crippen LogP contribution in [0.25, 0.3) is 21.8 Å². The van der Waals surface area contributed by atoms with E-state index in [9.17, 15) is 13.2 Å². The van der Waals surface area contributed by atoms with Crippen molar-refractivity contribution in [2.24, 2.45) is 0 Å². The molecule has 0 aliphatic carbocycles. The number of aromatic nitrogens is 3. The summed E-state index contributed by atoms with van der Waals surface area (Å²) in [6.07, 6.45) is -2.91. The molecule has 1 N–H and O–H groups in total. The summed E-state index contributed by atoms with van der Waals surface area (Å²) in [7, 11) is 1.58. The molecule has 0 spiro atoms. The molecule has 0 radical (unpaired) electrons. The normalized spacial score (nSPS) is 11.6. The third-order valence-electron chi connectivity index (χ3n) is 2.97. The molecule has 0 unspecified atom stereocenters. The summed E-state index contributed by atoms with van der Waals surface area (Å²) in [5.41, 5.74) is 0.469. The van der Waals surface area contributed by atoms with Crippen LogP contribution in [-0.4, -0.2) is 22.3 Å². The Kier molecular flexibility index (Phi) is 3.61. The van der Waals surface area contributed by atoms with Crippen LogP contribution in [0, 0.1) is 0 Å². The number of aromatic amines is 1. The quantitative estimate of drug-likeness (QED) is 0.784. The van der Waals surface area contributed by atoms with E-state index in [4.69, 9.17) is 4.74 Å². The fourth-order valence-corrected chi connectivity index (χ4v) is 2.72. The Morgan fingerprint density at radius 2 is 1.95 bits per heavy atom. The predicted octanol–water partition coefficient (Wildman–Crippen LogP) is 4.23. The van der Waals surface area contributed by atoms with Crippen LogP contribution >= 0.6 is 11.3 Å². The average Bonchev–Trinajstić information content (AvgIpc) is 3.16. The van der Waals surface area contributed by atoms with Gasteiger partial charge in [0.25, 0.3) is 0 Å². The molecule has 3 aromatic rings. The molecule has 4 nitrogen and oxygen atoms in total. The van der Waals surface area contributed by atoms with Crippen molar-refractivity contribution in [1.29, 1.82) is 0 Å². The van der Waals surface area contributed by atoms with Crippen LogP contribution in [0.15, 0.2) is 36.5 Å². The summed E-state index contributed by atoms with van der Waals surface area (Å²) < 4.78 is 42.9. The van der Waals surface area contributed by atoms with Crippen molar-refractivity contribution in [3.63, 3.8) is 0 Å². The van der Waals surface area contributed by atoms with Crippen molar-refractivity contribution in [3.05, 3.63) is 42.2 Å². The van der Waals surface area contributed by atoms with Crippen molar-refractivity contribution in [2.45, 2.75) is 6.18 Å². The van der Waals surface area contributed by atoms with E-state index in [2.05, 4.69) is 10.1 Å². The number of nitrogens with one attached hydrogen (secondary N) is 1. The molecule has 0 aromatic carbocycles. The maximum Gasteiger partial charge on any atom is 0.432 e. The molecule has 0 bridgehead atoms. The van der Waals surface area contributed by atoms with Crippen molar-refractivity contribution < 1.29 is 17.9 Å². The second kappa shape index (κ2) is 5.45. The minimum atomic E-state index is -4.45. The Bertz CT molecular complexity index is 794. The molecule has 3 heterocycles. The number of hydrogen-bond acceptors (Lipinski definition) is 4. The maximum absolute atomic E-state index is 12.6. The summed E-state index contributed by atoms with van der Waals surface area (Å²) in [6, 6.07) is 8.14. The number of alkyl halides is 3. The van der Waals surface area contributed by atoms with E-state index >= 15 is 0 Å². The predicted molar refractivity (Wildman–Crippen MR) is 76.7 cm³/mol. The Morgan fingerprint density at radius 3 is 2.59 bits per heavy atom. The van der Waals surface area contributed by atoms with Crippen LogP contribution in [0.5, 0.6) is 5.06 Å². The van der Waals surface area contributed by atoms with Crippen molar-refractivity contribution >= 4 is 11.3 Å². The van der Waals surface area contributed by atoms with Gasteiger partial charge in [0, 0.05) is 11.1 Å². The van der Waals surface area contributed by atoms with Gasteiger partial charge in [-0.05, 0) is 35.9 Å². The smallest absolute Gasteiger partial charge is 0.432 e. The standard InChI is InChI=1S/C14H10F3N3OS/c1-21-13-3-2-11(22-13)8-4-5-18-9(6-8)10-7-12(20-19-10)14(15,16)17/h2-7H,1H3,(H,19,20). The first-order valence-corrected chi connectivity index (χ1v) is 7.02. The first kappa shape index (κ1) is 14.6. The van der Waals surface area contributed by atoms with Gasteiger partial charge in [-0.1, -0.05) is 11.3 Å². The van der Waals surface area contributed by atoms with Gasteiger partial charge in [0.2, 0.25) is 0 Å². The van der Waals surface area contributed by atoms with Crippen LogP contribution in [0.1, 0.15) is 5.69 Å². The fraction of sp³-hybridized carbons (Fsp3) is 0.143. The molecule has 0 aliphatic heterocycles. The molecule has 3 rings (SSSR count). The molecule has 8 heteroatoms. The Hall–Kier alpha value is -2.35. The van der Waals surface area contributed by atoms with Crippen LogP contribution in [0.3, 0.4) is 0 Å². The van der Waals surface area contributed by atoms with Gasteiger partial charge in [-0.15, -0.1) is 0 Å².